The number of rotatable bonds is 12. The molecule has 0 unspecified atom stereocenters. The third kappa shape index (κ3) is 8.91. The van der Waals surface area contributed by atoms with E-state index in [9.17, 15) is 0 Å². The molecule has 2 heteroatoms. The van der Waals surface area contributed by atoms with Crippen molar-refractivity contribution in [2.75, 3.05) is 9.80 Å². The second-order valence-corrected chi connectivity index (χ2v) is 22.3. The summed E-state index contributed by atoms with van der Waals surface area (Å²) < 4.78 is 0. The van der Waals surface area contributed by atoms with Gasteiger partial charge in [0.25, 0.3) is 0 Å². The van der Waals surface area contributed by atoms with Crippen molar-refractivity contribution < 1.29 is 0 Å². The van der Waals surface area contributed by atoms with Crippen LogP contribution in [-0.4, -0.2) is 0 Å². The Morgan fingerprint density at radius 2 is 0.442 bits per heavy atom. The highest BCUT2D eigenvalue weighted by Crippen LogP contribution is 2.53. The van der Waals surface area contributed by atoms with E-state index in [0.717, 1.165) is 56.4 Å². The van der Waals surface area contributed by atoms with Crippen LogP contribution in [0.4, 0.5) is 34.1 Å². The smallest absolute Gasteiger partial charge is 0.0618 e. The van der Waals surface area contributed by atoms with Gasteiger partial charge < -0.3 is 9.80 Å². The number of benzene rings is 16. The molecule has 0 heterocycles. The minimum Gasteiger partial charge on any atom is -0.309 e. The summed E-state index contributed by atoms with van der Waals surface area (Å²) in [5.74, 6) is 0. The average molecular weight is 1090 g/mol. The van der Waals surface area contributed by atoms with Crippen LogP contribution in [0.25, 0.3) is 121 Å². The van der Waals surface area contributed by atoms with Crippen LogP contribution in [0.3, 0.4) is 0 Å². The fraction of sp³-hybridized carbons (Fsp3) is 0. The molecular formula is C84H56N2. The molecule has 0 aliphatic rings. The van der Waals surface area contributed by atoms with Crippen molar-refractivity contribution in [1.82, 2.24) is 0 Å². The Bertz CT molecular complexity index is 4770. The van der Waals surface area contributed by atoms with Gasteiger partial charge in [-0.25, -0.2) is 0 Å². The average Bonchev–Trinajstić information content (AvgIpc) is 0.995. The number of fused-ring (bicyclic) bond motifs is 2. The maximum Gasteiger partial charge on any atom is 0.0618 e. The third-order valence-corrected chi connectivity index (χ3v) is 17.4. The Hall–Kier alpha value is -11.3. The maximum atomic E-state index is 2.55. The molecule has 0 N–H and O–H groups in total. The molecule has 0 spiro atoms. The first-order valence-corrected chi connectivity index (χ1v) is 29.6. The molecule has 0 aliphatic carbocycles. The van der Waals surface area contributed by atoms with Crippen LogP contribution in [0.5, 0.6) is 0 Å². The van der Waals surface area contributed by atoms with E-state index in [4.69, 9.17) is 0 Å². The fourth-order valence-electron chi connectivity index (χ4n) is 13.2. The lowest BCUT2D eigenvalue weighted by molar-refractivity contribution is 1.31. The highest BCUT2D eigenvalue weighted by atomic mass is 15.2. The Labute approximate surface area is 501 Å². The summed E-state index contributed by atoms with van der Waals surface area (Å²) in [4.78, 5) is 5.10. The zero-order chi connectivity index (χ0) is 56.9. The van der Waals surface area contributed by atoms with Gasteiger partial charge in [-0.15, -0.1) is 0 Å². The van der Waals surface area contributed by atoms with Gasteiger partial charge in [-0.1, -0.05) is 291 Å². The highest BCUT2D eigenvalue weighted by molar-refractivity contribution is 6.29. The minimum atomic E-state index is 1.07. The third-order valence-electron chi connectivity index (χ3n) is 17.4. The maximum absolute atomic E-state index is 2.55. The van der Waals surface area contributed by atoms with Gasteiger partial charge in [0, 0.05) is 44.0 Å². The summed E-state index contributed by atoms with van der Waals surface area (Å²) in [6, 6.07) is 125. The Kier molecular flexibility index (Phi) is 12.6. The predicted octanol–water partition coefficient (Wildman–Crippen LogP) is 23.8. The topological polar surface area (TPSA) is 6.48 Å². The second-order valence-electron chi connectivity index (χ2n) is 22.3. The van der Waals surface area contributed by atoms with Gasteiger partial charge in [0.05, 0.1) is 22.7 Å². The van der Waals surface area contributed by atoms with E-state index in [1.807, 2.05) is 0 Å². The highest BCUT2D eigenvalue weighted by Gasteiger charge is 2.27. The lowest BCUT2D eigenvalue weighted by Crippen LogP contribution is -2.13. The first kappa shape index (κ1) is 50.4. The van der Waals surface area contributed by atoms with Crippen LogP contribution in [0.15, 0.2) is 340 Å². The van der Waals surface area contributed by atoms with Crippen LogP contribution in [0, 0.1) is 0 Å². The van der Waals surface area contributed by atoms with Gasteiger partial charge in [-0.05, 0) is 136 Å². The number of anilines is 6. The molecule has 0 aliphatic heterocycles. The van der Waals surface area contributed by atoms with Gasteiger partial charge in [-0.2, -0.15) is 0 Å². The Morgan fingerprint density at radius 1 is 0.174 bits per heavy atom. The number of hydrogen-bond acceptors (Lipinski definition) is 2. The van der Waals surface area contributed by atoms with Crippen molar-refractivity contribution >= 4 is 88.0 Å². The van der Waals surface area contributed by atoms with E-state index >= 15 is 0 Å². The molecular weight excluding hydrogens is 1040 g/mol. The molecule has 0 saturated carbocycles. The van der Waals surface area contributed by atoms with Gasteiger partial charge in [0.2, 0.25) is 0 Å². The molecule has 0 saturated heterocycles. The molecule has 0 amide bonds. The first-order valence-electron chi connectivity index (χ1n) is 29.6. The normalized spacial score (nSPS) is 11.5. The molecule has 2 nitrogen and oxygen atoms in total. The molecule has 0 bridgehead atoms. The van der Waals surface area contributed by atoms with Crippen molar-refractivity contribution in [1.29, 1.82) is 0 Å². The van der Waals surface area contributed by atoms with Gasteiger partial charge in [0.1, 0.15) is 0 Å². The van der Waals surface area contributed by atoms with E-state index in [2.05, 4.69) is 350 Å². The van der Waals surface area contributed by atoms with Gasteiger partial charge in [0.15, 0.2) is 0 Å². The number of nitrogens with zero attached hydrogens (tertiary/aromatic N) is 2. The van der Waals surface area contributed by atoms with E-state index in [-0.39, 0.29) is 0 Å². The van der Waals surface area contributed by atoms with E-state index in [1.54, 1.807) is 0 Å². The van der Waals surface area contributed by atoms with Crippen LogP contribution in [0.2, 0.25) is 0 Å². The SMILES string of the molecule is c1ccc(-c2ccc(N(c3c(-c4ccccc4)ccc4ccc(-c5ccccc5)cc34)c3ccc4ccc5c(N(c6ccc(-c7ccccc7)cc6)c6c(-c7ccccc7)ccc7ccc(-c8ccccc8)cc67)ccc6ccc3c4c65)cc2)cc1. The fourth-order valence-corrected chi connectivity index (χ4v) is 13.2. The van der Waals surface area contributed by atoms with Crippen LogP contribution >= 0.6 is 0 Å². The summed E-state index contributed by atoms with van der Waals surface area (Å²) in [6.07, 6.45) is 0. The molecule has 0 fully saturated rings. The molecule has 0 radical (unpaired) electrons. The minimum absolute atomic E-state index is 1.07. The predicted molar refractivity (Wildman–Crippen MR) is 367 cm³/mol. The van der Waals surface area contributed by atoms with E-state index in [0.29, 0.717) is 0 Å². The lowest BCUT2D eigenvalue weighted by atomic mass is 9.90. The molecule has 16 aromatic rings. The standard InChI is InChI=1S/C84H56N2/c1-7-19-57(20-8-1)61-35-45-71(46-36-61)85(83-73(63-27-15-5-16-28-63)49-39-65-31-33-69(55-77(65)83)59-23-11-3-12-24-59)79-53-43-67-42-52-76-80(54-44-68-41-51-75(79)81(67)82(68)76)86(72-47-37-62(38-48-72)58-21-9-2-10-22-58)84-74(64-29-17-6-18-30-64)50-40-66-32-34-70(56-78(66)84)60-25-13-4-14-26-60/h1-56H. The zero-order valence-electron chi connectivity index (χ0n) is 47.2. The van der Waals surface area contributed by atoms with Crippen molar-refractivity contribution in [2.45, 2.75) is 0 Å². The summed E-state index contributed by atoms with van der Waals surface area (Å²) in [5.41, 5.74) is 20.6. The van der Waals surface area contributed by atoms with Crippen molar-refractivity contribution in [3.8, 4) is 66.8 Å². The Morgan fingerprint density at radius 3 is 0.791 bits per heavy atom. The number of hydrogen-bond donors (Lipinski definition) is 0. The van der Waals surface area contributed by atoms with Crippen molar-refractivity contribution in [2.24, 2.45) is 0 Å². The quantitative estimate of drug-likeness (QED) is 0.113. The molecule has 402 valence electrons. The Balaban J connectivity index is 0.977. The van der Waals surface area contributed by atoms with Crippen LogP contribution in [0.1, 0.15) is 0 Å². The first-order chi connectivity index (χ1) is 42.7. The zero-order valence-corrected chi connectivity index (χ0v) is 47.2. The van der Waals surface area contributed by atoms with Gasteiger partial charge >= 0.3 is 0 Å². The second kappa shape index (κ2) is 21.5. The summed E-state index contributed by atoms with van der Waals surface area (Å²) >= 11 is 0. The molecule has 16 rings (SSSR count). The lowest BCUT2D eigenvalue weighted by Gasteiger charge is -2.32. The molecule has 0 atom stereocenters. The van der Waals surface area contributed by atoms with Gasteiger partial charge in [-0.3, -0.25) is 0 Å². The van der Waals surface area contributed by atoms with E-state index < -0.39 is 0 Å². The van der Waals surface area contributed by atoms with Crippen molar-refractivity contribution in [3.63, 3.8) is 0 Å². The van der Waals surface area contributed by atoms with Crippen molar-refractivity contribution in [3.05, 3.63) is 340 Å². The molecule has 0 aromatic heterocycles. The van der Waals surface area contributed by atoms with Crippen LogP contribution < -0.4 is 9.80 Å². The van der Waals surface area contributed by atoms with Crippen LogP contribution in [-0.2, 0) is 0 Å². The summed E-state index contributed by atoms with van der Waals surface area (Å²) in [6.45, 7) is 0. The largest absolute Gasteiger partial charge is 0.309 e. The van der Waals surface area contributed by atoms with E-state index in [1.165, 1.54) is 98.4 Å². The molecule has 16 aromatic carbocycles. The molecule has 86 heavy (non-hydrogen) atoms. The summed E-state index contributed by atoms with van der Waals surface area (Å²) in [5, 5.41) is 11.8. The summed E-state index contributed by atoms with van der Waals surface area (Å²) in [7, 11) is 0. The monoisotopic (exact) mass is 1090 g/mol.